The third-order valence-electron chi connectivity index (χ3n) is 1.86. The lowest BCUT2D eigenvalue weighted by molar-refractivity contribution is -0.147. The van der Waals surface area contributed by atoms with E-state index in [2.05, 4.69) is 6.07 Å². The van der Waals surface area contributed by atoms with E-state index in [4.69, 9.17) is 9.66 Å². The molecule has 8 heteroatoms. The van der Waals surface area contributed by atoms with Crippen LogP contribution in [0.25, 0.3) is 0 Å². The first-order valence-electron chi connectivity index (χ1n) is 4.26. The van der Waals surface area contributed by atoms with E-state index in [0.29, 0.717) is 5.56 Å². The summed E-state index contributed by atoms with van der Waals surface area (Å²) in [5, 5.41) is 10.4. The van der Waals surface area contributed by atoms with Crippen molar-refractivity contribution < 1.29 is 27.7 Å². The molecule has 0 spiro atoms. The van der Waals surface area contributed by atoms with Gasteiger partial charge in [-0.25, -0.2) is 4.79 Å². The van der Waals surface area contributed by atoms with E-state index in [-0.39, 0.29) is 5.69 Å². The summed E-state index contributed by atoms with van der Waals surface area (Å²) in [6.07, 6.45) is 0. The van der Waals surface area contributed by atoms with Crippen molar-refractivity contribution in [3.63, 3.8) is 0 Å². The first-order valence-corrected chi connectivity index (χ1v) is 5.70. The molecule has 0 aliphatic rings. The Morgan fingerprint density at radius 1 is 1.41 bits per heavy atom. The number of carbonyl (C=O) groups excluding carboxylic acids is 1. The molecule has 0 unspecified atom stereocenters. The molecule has 91 valence electrons. The van der Waals surface area contributed by atoms with Gasteiger partial charge in [-0.1, -0.05) is 0 Å². The number of carbonyl (C=O) groups is 2. The van der Waals surface area contributed by atoms with E-state index in [9.17, 15) is 18.0 Å². The van der Waals surface area contributed by atoms with Gasteiger partial charge in [0, 0.05) is 5.69 Å². The van der Waals surface area contributed by atoms with Crippen LogP contribution in [-0.2, 0) is 19.7 Å². The Morgan fingerprint density at radius 3 is 2.47 bits per heavy atom. The zero-order valence-electron chi connectivity index (χ0n) is 8.59. The van der Waals surface area contributed by atoms with Crippen LogP contribution in [0.4, 0.5) is 5.69 Å². The maximum atomic E-state index is 10.9. The maximum Gasteiger partial charge on any atom is 0.394 e. The smallest absolute Gasteiger partial charge is 0.394 e. The van der Waals surface area contributed by atoms with E-state index < -0.39 is 26.9 Å². The molecule has 0 heterocycles. The van der Waals surface area contributed by atoms with Crippen LogP contribution in [0.1, 0.15) is 5.56 Å². The molecule has 0 aromatic heterocycles. The Labute approximate surface area is 96.8 Å². The first kappa shape index (κ1) is 13.1. The van der Waals surface area contributed by atoms with E-state index in [1.54, 1.807) is 0 Å². The van der Waals surface area contributed by atoms with E-state index >= 15 is 0 Å². The summed E-state index contributed by atoms with van der Waals surface area (Å²) in [6.45, 7) is 1.49. The summed E-state index contributed by atoms with van der Waals surface area (Å²) in [4.78, 5) is 20.7. The topological polar surface area (TPSA) is 121 Å². The number of benzene rings is 1. The summed E-state index contributed by atoms with van der Waals surface area (Å²) in [6, 6.07) is 4.43. The highest BCUT2D eigenvalue weighted by atomic mass is 32.2. The molecule has 0 atom stereocenters. The van der Waals surface area contributed by atoms with Crippen LogP contribution in [0.5, 0.6) is 0 Å². The van der Waals surface area contributed by atoms with E-state index in [1.165, 1.54) is 6.92 Å². The molecule has 17 heavy (non-hydrogen) atoms. The van der Waals surface area contributed by atoms with Crippen LogP contribution in [0.2, 0.25) is 0 Å². The minimum Gasteiger partial charge on any atom is -0.474 e. The van der Waals surface area contributed by atoms with Crippen molar-refractivity contribution in [2.75, 3.05) is 5.32 Å². The fourth-order valence-corrected chi connectivity index (χ4v) is 1.48. The number of amides is 1. The zero-order chi connectivity index (χ0) is 13.2. The van der Waals surface area contributed by atoms with Gasteiger partial charge in [0.2, 0.25) is 0 Å². The predicted octanol–water partition coefficient (Wildman–Crippen LogP) is 0.0650. The van der Waals surface area contributed by atoms with Crippen molar-refractivity contribution in [1.29, 1.82) is 0 Å². The highest BCUT2D eigenvalue weighted by Crippen LogP contribution is 2.19. The number of hydrogen-bond donors (Lipinski definition) is 3. The standard InChI is InChI=1S/C9H8NO6S/c1-5-2-3-6(17(14,15)16)4-7(5)10-8(11)9(12)13/h3-4H,1H3,(H,10,11)(H,12,13)(H,14,15,16). The summed E-state index contributed by atoms with van der Waals surface area (Å²) >= 11 is 0. The van der Waals surface area contributed by atoms with Crippen LogP contribution in [0.3, 0.4) is 0 Å². The first-order chi connectivity index (χ1) is 7.71. The number of rotatable bonds is 2. The summed E-state index contributed by atoms with van der Waals surface area (Å²) < 4.78 is 30.4. The molecule has 7 nitrogen and oxygen atoms in total. The lowest BCUT2D eigenvalue weighted by atomic mass is 10.2. The number of anilines is 1. The van der Waals surface area contributed by atoms with Gasteiger partial charge >= 0.3 is 11.9 Å². The number of aryl methyl sites for hydroxylation is 1. The Kier molecular flexibility index (Phi) is 3.49. The average molecular weight is 258 g/mol. The van der Waals surface area contributed by atoms with Gasteiger partial charge in [0.15, 0.2) is 0 Å². The van der Waals surface area contributed by atoms with Gasteiger partial charge < -0.3 is 10.4 Å². The highest BCUT2D eigenvalue weighted by Gasteiger charge is 2.16. The number of nitrogens with one attached hydrogen (secondary N) is 1. The quantitative estimate of drug-likeness (QED) is 0.509. The van der Waals surface area contributed by atoms with Gasteiger partial charge in [-0.3, -0.25) is 9.35 Å². The fourth-order valence-electron chi connectivity index (χ4n) is 1.00. The largest absolute Gasteiger partial charge is 0.474 e. The van der Waals surface area contributed by atoms with Crippen molar-refractivity contribution in [2.24, 2.45) is 0 Å². The highest BCUT2D eigenvalue weighted by molar-refractivity contribution is 7.85. The fraction of sp³-hybridized carbons (Fsp3) is 0.111. The molecule has 3 N–H and O–H groups in total. The maximum absolute atomic E-state index is 10.9. The van der Waals surface area contributed by atoms with Gasteiger partial charge in [-0.05, 0) is 30.7 Å². The lowest BCUT2D eigenvalue weighted by Gasteiger charge is -2.07. The van der Waals surface area contributed by atoms with Crippen molar-refractivity contribution in [3.05, 3.63) is 23.8 Å². The molecule has 1 aromatic carbocycles. The van der Waals surface area contributed by atoms with Gasteiger partial charge in [0.05, 0.1) is 4.90 Å². The molecule has 1 rings (SSSR count). The minimum atomic E-state index is -4.43. The molecule has 0 aliphatic carbocycles. The Balaban J connectivity index is 3.16. The molecule has 1 radical (unpaired) electrons. The van der Waals surface area contributed by atoms with Gasteiger partial charge in [0.25, 0.3) is 10.1 Å². The second-order valence-corrected chi connectivity index (χ2v) is 4.53. The van der Waals surface area contributed by atoms with Crippen molar-refractivity contribution in [3.8, 4) is 0 Å². The van der Waals surface area contributed by atoms with Crippen molar-refractivity contribution in [2.45, 2.75) is 11.8 Å². The molecule has 0 saturated heterocycles. The SMILES string of the molecule is Cc1[c]cc(S(=O)(=O)O)cc1NC(=O)C(=O)O. The molecule has 1 aromatic rings. The second kappa shape index (κ2) is 4.52. The van der Waals surface area contributed by atoms with Gasteiger partial charge in [-0.2, -0.15) is 8.42 Å². The van der Waals surface area contributed by atoms with Crippen molar-refractivity contribution >= 4 is 27.7 Å². The summed E-state index contributed by atoms with van der Waals surface area (Å²) in [5.41, 5.74) is 0.291. The number of hydrogen-bond acceptors (Lipinski definition) is 4. The van der Waals surface area contributed by atoms with Crippen LogP contribution < -0.4 is 5.32 Å². The average Bonchev–Trinajstić information content (AvgIpc) is 2.19. The minimum absolute atomic E-state index is 0.0486. The molecule has 1 amide bonds. The third kappa shape index (κ3) is 3.26. The van der Waals surface area contributed by atoms with Gasteiger partial charge in [-0.15, -0.1) is 0 Å². The van der Waals surface area contributed by atoms with Crippen LogP contribution >= 0.6 is 0 Å². The van der Waals surface area contributed by atoms with Crippen molar-refractivity contribution in [1.82, 2.24) is 0 Å². The predicted molar refractivity (Wildman–Crippen MR) is 56.1 cm³/mol. The Hall–Kier alpha value is -1.93. The third-order valence-corrected chi connectivity index (χ3v) is 2.69. The summed E-state index contributed by atoms with van der Waals surface area (Å²) in [7, 11) is -4.43. The molecule has 0 bridgehead atoms. The monoisotopic (exact) mass is 258 g/mol. The lowest BCUT2D eigenvalue weighted by Crippen LogP contribution is -2.22. The molecule has 0 saturated carbocycles. The number of carboxylic acid groups (broad SMARTS) is 1. The van der Waals surface area contributed by atoms with E-state index in [0.717, 1.165) is 12.1 Å². The zero-order valence-corrected chi connectivity index (χ0v) is 9.41. The van der Waals surface area contributed by atoms with Crippen LogP contribution in [0, 0.1) is 13.0 Å². The Bertz CT molecular complexity index is 577. The molecular weight excluding hydrogens is 250 g/mol. The Morgan fingerprint density at radius 2 is 2.00 bits per heavy atom. The molecular formula is C9H8NO6S. The second-order valence-electron chi connectivity index (χ2n) is 3.11. The number of carboxylic acids is 1. The summed E-state index contributed by atoms with van der Waals surface area (Å²) in [5.74, 6) is -3.02. The molecule has 0 fully saturated rings. The van der Waals surface area contributed by atoms with Crippen LogP contribution in [-0.4, -0.2) is 30.0 Å². The number of aliphatic carboxylic acids is 1. The van der Waals surface area contributed by atoms with Crippen LogP contribution in [0.15, 0.2) is 17.0 Å². The van der Waals surface area contributed by atoms with E-state index in [1.807, 2.05) is 5.32 Å². The van der Waals surface area contributed by atoms with Gasteiger partial charge in [0.1, 0.15) is 0 Å². The normalized spacial score (nSPS) is 10.9. The molecule has 0 aliphatic heterocycles.